The van der Waals surface area contributed by atoms with Crippen LogP contribution in [0.4, 0.5) is 0 Å². The van der Waals surface area contributed by atoms with Crippen LogP contribution in [0.1, 0.15) is 245 Å². The summed E-state index contributed by atoms with van der Waals surface area (Å²) in [4.78, 5) is 0. The molecule has 0 bridgehead atoms. The van der Waals surface area contributed by atoms with Crippen molar-refractivity contribution in [3.8, 4) is 0 Å². The first kappa shape index (κ1) is 42.2. The first-order valence-electron chi connectivity index (χ1n) is 21.4. The Labute approximate surface area is 285 Å². The van der Waals surface area contributed by atoms with Gasteiger partial charge in [0.2, 0.25) is 0 Å². The van der Waals surface area contributed by atoms with Gasteiger partial charge < -0.3 is 0 Å². The predicted molar refractivity (Wildman–Crippen MR) is 202 cm³/mol. The number of nitrogens with zero attached hydrogens (tertiary/aromatic N) is 2. The highest BCUT2D eigenvalue weighted by Gasteiger charge is 2.16. The smallest absolute Gasteiger partial charge is 0.234 e. The van der Waals surface area contributed by atoms with E-state index in [1.54, 1.807) is 5.82 Å². The molecule has 0 aliphatic carbocycles. The maximum Gasteiger partial charge on any atom is 0.256 e. The minimum absolute atomic E-state index is 1.22. The summed E-state index contributed by atoms with van der Waals surface area (Å²) < 4.78 is 5.23. The summed E-state index contributed by atoms with van der Waals surface area (Å²) in [5.74, 6) is 1.61. The molecule has 0 unspecified atom stereocenters. The Morgan fingerprint density at radius 1 is 0.378 bits per heavy atom. The molecule has 0 amide bonds. The van der Waals surface area contributed by atoms with Crippen LogP contribution in [0, 0.1) is 0 Å². The van der Waals surface area contributed by atoms with Gasteiger partial charge in [0.15, 0.2) is 0 Å². The van der Waals surface area contributed by atoms with Gasteiger partial charge in [0.1, 0.15) is 12.4 Å². The minimum Gasteiger partial charge on any atom is -0.234 e. The van der Waals surface area contributed by atoms with Crippen molar-refractivity contribution in [2.24, 2.45) is 0 Å². The molecule has 1 heterocycles. The minimum atomic E-state index is 1.22. The van der Waals surface area contributed by atoms with Crippen molar-refractivity contribution >= 4 is 0 Å². The second-order valence-corrected chi connectivity index (χ2v) is 14.8. The van der Waals surface area contributed by atoms with Crippen molar-refractivity contribution < 1.29 is 4.57 Å². The molecule has 266 valence electrons. The number of aryl methyl sites for hydroxylation is 2. The number of rotatable bonds is 37. The molecule has 1 aromatic heterocycles. The maximum atomic E-state index is 2.62. The van der Waals surface area contributed by atoms with Gasteiger partial charge in [0.25, 0.3) is 5.82 Å². The lowest BCUT2D eigenvalue weighted by Gasteiger charge is -2.07. The van der Waals surface area contributed by atoms with Crippen LogP contribution in [-0.2, 0) is 19.5 Å². The number of hydrogen-bond donors (Lipinski definition) is 0. The topological polar surface area (TPSA) is 8.81 Å². The van der Waals surface area contributed by atoms with Gasteiger partial charge in [-0.1, -0.05) is 207 Å². The highest BCUT2D eigenvalue weighted by atomic mass is 15.1. The lowest BCUT2D eigenvalue weighted by Crippen LogP contribution is -2.37. The molecule has 0 atom stereocenters. The monoisotopic (exact) mass is 630 g/mol. The molecule has 1 rings (SSSR count). The van der Waals surface area contributed by atoms with Crippen molar-refractivity contribution in [2.75, 3.05) is 0 Å². The molecule has 0 spiro atoms. The van der Waals surface area contributed by atoms with Gasteiger partial charge in [-0.25, -0.2) is 9.13 Å². The van der Waals surface area contributed by atoms with Crippen LogP contribution >= 0.6 is 0 Å². The highest BCUT2D eigenvalue weighted by molar-refractivity contribution is 4.84. The van der Waals surface area contributed by atoms with Crippen molar-refractivity contribution in [1.82, 2.24) is 4.57 Å². The zero-order valence-electron chi connectivity index (χ0n) is 31.7. The Kier molecular flexibility index (Phi) is 32.4. The van der Waals surface area contributed by atoms with E-state index in [1.807, 2.05) is 0 Å². The summed E-state index contributed by atoms with van der Waals surface area (Å²) in [6, 6.07) is 0. The van der Waals surface area contributed by atoms with Crippen LogP contribution in [0.3, 0.4) is 0 Å². The molecule has 2 heteroatoms. The molecular formula is C43H85N2+. The third-order valence-electron chi connectivity index (χ3n) is 10.3. The van der Waals surface area contributed by atoms with Crippen LogP contribution in [0.2, 0.25) is 0 Å². The summed E-state index contributed by atoms with van der Waals surface area (Å²) in [6.45, 7) is 9.39. The Morgan fingerprint density at radius 2 is 0.689 bits per heavy atom. The molecule has 0 saturated heterocycles. The molecule has 0 saturated carbocycles. The molecule has 0 aliphatic rings. The largest absolute Gasteiger partial charge is 0.256 e. The van der Waals surface area contributed by atoms with Crippen LogP contribution in [0.15, 0.2) is 12.4 Å². The standard InChI is InChI=1S/C43H85N2/c1-4-7-10-12-14-16-18-20-22-23-24-26-28-30-32-34-37-40-45-42-41-44(39-36-9-6-3)43(45)38-35-33-31-29-27-25-21-19-17-15-13-11-8-5-2/h41-42H,4-40H2,1-3H3/q+1. The van der Waals surface area contributed by atoms with Gasteiger partial charge in [0.05, 0.1) is 13.1 Å². The molecule has 0 N–H and O–H groups in total. The van der Waals surface area contributed by atoms with E-state index in [0.717, 1.165) is 0 Å². The van der Waals surface area contributed by atoms with E-state index in [0.29, 0.717) is 0 Å². The van der Waals surface area contributed by atoms with Crippen molar-refractivity contribution in [1.29, 1.82) is 0 Å². The Bertz CT molecular complexity index is 692. The third kappa shape index (κ3) is 26.9. The van der Waals surface area contributed by atoms with E-state index in [4.69, 9.17) is 0 Å². The van der Waals surface area contributed by atoms with E-state index in [-0.39, 0.29) is 0 Å². The Hall–Kier alpha value is -0.790. The van der Waals surface area contributed by atoms with Crippen molar-refractivity contribution in [2.45, 2.75) is 259 Å². The fourth-order valence-electron chi connectivity index (χ4n) is 7.21. The van der Waals surface area contributed by atoms with Gasteiger partial charge in [-0.2, -0.15) is 0 Å². The first-order chi connectivity index (χ1) is 22.3. The maximum absolute atomic E-state index is 2.62. The average Bonchev–Trinajstić information content (AvgIpc) is 3.43. The van der Waals surface area contributed by atoms with Gasteiger partial charge >= 0.3 is 0 Å². The normalized spacial score (nSPS) is 11.6. The highest BCUT2D eigenvalue weighted by Crippen LogP contribution is 2.16. The summed E-state index contributed by atoms with van der Waals surface area (Å²) in [5, 5.41) is 0. The number of unbranched alkanes of at least 4 members (excludes halogenated alkanes) is 31. The predicted octanol–water partition coefficient (Wildman–Crippen LogP) is 14.6. The van der Waals surface area contributed by atoms with Crippen LogP contribution in [0.5, 0.6) is 0 Å². The molecule has 2 nitrogen and oxygen atoms in total. The van der Waals surface area contributed by atoms with E-state index in [2.05, 4.69) is 42.3 Å². The van der Waals surface area contributed by atoms with E-state index in [1.165, 1.54) is 238 Å². The van der Waals surface area contributed by atoms with Gasteiger partial charge in [-0.3, -0.25) is 0 Å². The summed E-state index contributed by atoms with van der Waals surface area (Å²) in [5.41, 5.74) is 0. The van der Waals surface area contributed by atoms with Gasteiger partial charge in [0, 0.05) is 6.42 Å². The molecule has 1 aromatic rings. The molecule has 45 heavy (non-hydrogen) atoms. The second-order valence-electron chi connectivity index (χ2n) is 14.8. The van der Waals surface area contributed by atoms with E-state index >= 15 is 0 Å². The Balaban J connectivity index is 2.09. The van der Waals surface area contributed by atoms with Gasteiger partial charge in [-0.15, -0.1) is 0 Å². The molecular weight excluding hydrogens is 544 g/mol. The summed E-state index contributed by atoms with van der Waals surface area (Å²) >= 11 is 0. The number of aromatic nitrogens is 2. The van der Waals surface area contributed by atoms with E-state index < -0.39 is 0 Å². The summed E-state index contributed by atoms with van der Waals surface area (Å²) in [6.07, 6.45) is 54.9. The molecule has 0 radical (unpaired) electrons. The quantitative estimate of drug-likeness (QED) is 0.0511. The fourth-order valence-corrected chi connectivity index (χ4v) is 7.21. The fraction of sp³-hybridized carbons (Fsp3) is 0.930. The van der Waals surface area contributed by atoms with Crippen molar-refractivity contribution in [3.05, 3.63) is 18.2 Å². The summed E-state index contributed by atoms with van der Waals surface area (Å²) in [7, 11) is 0. The Morgan fingerprint density at radius 3 is 1.07 bits per heavy atom. The van der Waals surface area contributed by atoms with E-state index in [9.17, 15) is 0 Å². The van der Waals surface area contributed by atoms with Gasteiger partial charge in [-0.05, 0) is 32.1 Å². The molecule has 0 fully saturated rings. The molecule has 0 aliphatic heterocycles. The lowest BCUT2D eigenvalue weighted by atomic mass is 10.0. The van der Waals surface area contributed by atoms with Crippen LogP contribution in [0.25, 0.3) is 0 Å². The number of hydrogen-bond acceptors (Lipinski definition) is 0. The third-order valence-corrected chi connectivity index (χ3v) is 10.3. The van der Waals surface area contributed by atoms with Crippen LogP contribution in [-0.4, -0.2) is 4.57 Å². The molecule has 0 aromatic carbocycles. The lowest BCUT2D eigenvalue weighted by molar-refractivity contribution is -0.704. The first-order valence-corrected chi connectivity index (χ1v) is 21.4. The zero-order valence-corrected chi connectivity index (χ0v) is 31.7. The zero-order chi connectivity index (χ0) is 32.3. The second kappa shape index (κ2) is 34.5. The SMILES string of the molecule is CCCCCCCCCCCCCCCCCCCn1cc[n+](CCCCC)c1CCCCCCCCCCCCCCCC. The number of imidazole rings is 1. The average molecular weight is 630 g/mol. The van der Waals surface area contributed by atoms with Crippen LogP contribution < -0.4 is 4.57 Å². The van der Waals surface area contributed by atoms with Crippen molar-refractivity contribution in [3.63, 3.8) is 0 Å².